The Kier molecular flexibility index (Phi) is 5.24. The lowest BCUT2D eigenvalue weighted by Gasteiger charge is -2.25. The van der Waals surface area contributed by atoms with Crippen molar-refractivity contribution >= 4 is 13.8 Å². The van der Waals surface area contributed by atoms with E-state index in [2.05, 4.69) is 6.92 Å². The van der Waals surface area contributed by atoms with Crippen molar-refractivity contribution in [1.29, 1.82) is 0 Å². The van der Waals surface area contributed by atoms with Crippen molar-refractivity contribution in [2.24, 2.45) is 5.92 Å². The van der Waals surface area contributed by atoms with Gasteiger partial charge in [-0.1, -0.05) is 31.5 Å². The van der Waals surface area contributed by atoms with Gasteiger partial charge in [0.15, 0.2) is 0 Å². The van der Waals surface area contributed by atoms with Crippen molar-refractivity contribution in [2.75, 3.05) is 7.11 Å². The Hall–Kier alpha value is -1.29. The van der Waals surface area contributed by atoms with Gasteiger partial charge >= 0.3 is 5.97 Å². The molecule has 0 spiro atoms. The molecular weight excluding hydrogens is 251 g/mol. The Bertz CT molecular complexity index is 435. The zero-order valence-corrected chi connectivity index (χ0v) is 12.1. The number of methoxy groups -OCH3 is 1. The third-order valence-corrected chi connectivity index (χ3v) is 3.97. The van der Waals surface area contributed by atoms with Crippen LogP contribution in [0, 0.1) is 5.92 Å². The van der Waals surface area contributed by atoms with E-state index in [0.29, 0.717) is 11.5 Å². The Balaban J connectivity index is 2.05. The molecule has 1 fully saturated rings. The first-order valence-corrected chi connectivity index (χ1v) is 7.21. The van der Waals surface area contributed by atoms with E-state index in [1.165, 1.54) is 0 Å². The van der Waals surface area contributed by atoms with Gasteiger partial charge in [-0.25, -0.2) is 4.79 Å². The van der Waals surface area contributed by atoms with Crippen LogP contribution in [0.4, 0.5) is 0 Å². The van der Waals surface area contributed by atoms with E-state index in [0.717, 1.165) is 19.3 Å². The Morgan fingerprint density at radius 3 is 2.60 bits per heavy atom. The molecule has 2 rings (SSSR count). The fraction of sp³-hybridized carbons (Fsp3) is 0.562. The van der Waals surface area contributed by atoms with Crippen LogP contribution in [-0.2, 0) is 9.47 Å². The maximum Gasteiger partial charge on any atom is 0.338 e. The summed E-state index contributed by atoms with van der Waals surface area (Å²) in [6, 6.07) is 8.99. The van der Waals surface area contributed by atoms with Gasteiger partial charge in [-0.2, -0.15) is 0 Å². The molecule has 4 atom stereocenters. The Morgan fingerprint density at radius 1 is 1.30 bits per heavy atom. The van der Waals surface area contributed by atoms with Gasteiger partial charge in [0.1, 0.15) is 6.10 Å². The maximum absolute atomic E-state index is 12.1. The van der Waals surface area contributed by atoms with E-state index in [-0.39, 0.29) is 24.0 Å². The van der Waals surface area contributed by atoms with Crippen molar-refractivity contribution in [3.63, 3.8) is 0 Å². The largest absolute Gasteiger partial charge is 0.457 e. The lowest BCUT2D eigenvalue weighted by atomic mass is 9.83. The van der Waals surface area contributed by atoms with Gasteiger partial charge in [0.05, 0.1) is 19.5 Å². The first-order valence-electron chi connectivity index (χ1n) is 7.21. The first kappa shape index (κ1) is 15.1. The van der Waals surface area contributed by atoms with Crippen LogP contribution in [0.5, 0.6) is 0 Å². The number of esters is 1. The third-order valence-electron chi connectivity index (χ3n) is 3.97. The second-order valence-corrected chi connectivity index (χ2v) is 5.38. The average Bonchev–Trinajstić information content (AvgIpc) is 2.76. The molecule has 0 N–H and O–H groups in total. The van der Waals surface area contributed by atoms with Crippen molar-refractivity contribution in [1.82, 2.24) is 0 Å². The third kappa shape index (κ3) is 3.24. The minimum absolute atomic E-state index is 0.0994. The molecule has 0 heterocycles. The first-order chi connectivity index (χ1) is 9.67. The van der Waals surface area contributed by atoms with Crippen molar-refractivity contribution in [3.05, 3.63) is 35.9 Å². The molecule has 20 heavy (non-hydrogen) atoms. The minimum atomic E-state index is -0.357. The monoisotopic (exact) mass is 272 g/mol. The average molecular weight is 272 g/mol. The van der Waals surface area contributed by atoms with Gasteiger partial charge < -0.3 is 9.47 Å². The molecule has 106 valence electrons. The number of hydrogen-bond acceptors (Lipinski definition) is 3. The summed E-state index contributed by atoms with van der Waals surface area (Å²) in [5, 5.41) is 0. The molecule has 0 aliphatic heterocycles. The molecule has 1 aromatic rings. The molecule has 4 unspecified atom stereocenters. The molecule has 0 aromatic heterocycles. The highest BCUT2D eigenvalue weighted by atomic mass is 16.6. The summed E-state index contributed by atoms with van der Waals surface area (Å²) in [4.78, 5) is 12.1. The highest BCUT2D eigenvalue weighted by Gasteiger charge is 2.42. The number of ether oxygens (including phenoxy) is 2. The van der Waals surface area contributed by atoms with E-state index >= 15 is 0 Å². The molecule has 3 nitrogen and oxygen atoms in total. The van der Waals surface area contributed by atoms with Gasteiger partial charge in [-0.05, 0) is 36.7 Å². The van der Waals surface area contributed by atoms with E-state index in [1.807, 2.05) is 18.2 Å². The van der Waals surface area contributed by atoms with E-state index in [4.69, 9.17) is 17.3 Å². The van der Waals surface area contributed by atoms with Crippen molar-refractivity contribution < 1.29 is 14.3 Å². The smallest absolute Gasteiger partial charge is 0.338 e. The van der Waals surface area contributed by atoms with Crippen LogP contribution in [0.3, 0.4) is 0 Å². The van der Waals surface area contributed by atoms with E-state index < -0.39 is 0 Å². The predicted molar refractivity (Wildman–Crippen MR) is 79.0 cm³/mol. The van der Waals surface area contributed by atoms with Gasteiger partial charge in [-0.3, -0.25) is 0 Å². The highest BCUT2D eigenvalue weighted by Crippen LogP contribution is 2.40. The zero-order chi connectivity index (χ0) is 14.5. The van der Waals surface area contributed by atoms with Crippen molar-refractivity contribution in [2.45, 2.75) is 44.2 Å². The summed E-state index contributed by atoms with van der Waals surface area (Å²) in [7, 11) is 7.80. The van der Waals surface area contributed by atoms with E-state index in [1.54, 1.807) is 19.2 Å². The summed E-state index contributed by atoms with van der Waals surface area (Å²) < 4.78 is 11.1. The highest BCUT2D eigenvalue weighted by molar-refractivity contribution is 6.12. The van der Waals surface area contributed by atoms with Crippen LogP contribution in [0.2, 0.25) is 5.82 Å². The number of rotatable bonds is 5. The standard InChI is InChI=1S/C16H21BO3/c1-3-7-12-10-13(17)15(14(12)19-2)20-16(18)11-8-5-4-6-9-11/h4-6,8-9,12-15H,3,7,10H2,1-2H3. The molecular formula is C16H21BO3. The van der Waals surface area contributed by atoms with Gasteiger partial charge in [-0.15, -0.1) is 0 Å². The Morgan fingerprint density at radius 2 is 2.00 bits per heavy atom. The predicted octanol–water partition coefficient (Wildman–Crippen LogP) is 3.00. The van der Waals surface area contributed by atoms with Gasteiger partial charge in [0.25, 0.3) is 0 Å². The van der Waals surface area contributed by atoms with Gasteiger partial charge in [0.2, 0.25) is 0 Å². The quantitative estimate of drug-likeness (QED) is 0.610. The molecule has 0 saturated heterocycles. The molecule has 2 radical (unpaired) electrons. The summed E-state index contributed by atoms with van der Waals surface area (Å²) >= 11 is 0. The van der Waals surface area contributed by atoms with Crippen LogP contribution in [0.25, 0.3) is 0 Å². The summed E-state index contributed by atoms with van der Waals surface area (Å²) in [5.74, 6) is -0.108. The van der Waals surface area contributed by atoms with Crippen molar-refractivity contribution in [3.8, 4) is 0 Å². The number of carbonyl (C=O) groups excluding carboxylic acids is 1. The normalized spacial score (nSPS) is 29.3. The topological polar surface area (TPSA) is 35.5 Å². The van der Waals surface area contributed by atoms with Crippen LogP contribution in [0.15, 0.2) is 30.3 Å². The molecule has 0 bridgehead atoms. The number of benzene rings is 1. The summed E-state index contributed by atoms with van der Waals surface area (Å²) in [6.45, 7) is 2.14. The second kappa shape index (κ2) is 6.93. The summed E-state index contributed by atoms with van der Waals surface area (Å²) in [6.07, 6.45) is 2.52. The summed E-state index contributed by atoms with van der Waals surface area (Å²) in [5.41, 5.74) is 0.550. The minimum Gasteiger partial charge on any atom is -0.457 e. The number of hydrogen-bond donors (Lipinski definition) is 0. The van der Waals surface area contributed by atoms with Crippen LogP contribution < -0.4 is 0 Å². The molecule has 1 aliphatic carbocycles. The Labute approximate surface area is 122 Å². The number of carbonyl (C=O) groups is 1. The molecule has 4 heteroatoms. The fourth-order valence-electron chi connectivity index (χ4n) is 3.03. The van der Waals surface area contributed by atoms with Crippen LogP contribution >= 0.6 is 0 Å². The molecule has 1 aromatic carbocycles. The van der Waals surface area contributed by atoms with E-state index in [9.17, 15) is 4.79 Å². The van der Waals surface area contributed by atoms with Gasteiger partial charge in [0, 0.05) is 7.11 Å². The fourth-order valence-corrected chi connectivity index (χ4v) is 3.03. The maximum atomic E-state index is 12.1. The van der Waals surface area contributed by atoms with Crippen LogP contribution in [-0.4, -0.2) is 33.1 Å². The second-order valence-electron chi connectivity index (χ2n) is 5.38. The van der Waals surface area contributed by atoms with Crippen LogP contribution in [0.1, 0.15) is 36.5 Å². The molecule has 1 aliphatic rings. The zero-order valence-electron chi connectivity index (χ0n) is 12.1. The lowest BCUT2D eigenvalue weighted by molar-refractivity contribution is -0.0353. The SMILES string of the molecule is [B]C1CC(CCC)C(OC)C1OC(=O)c1ccccc1. The molecule has 0 amide bonds. The lowest BCUT2D eigenvalue weighted by Crippen LogP contribution is -2.33. The molecule has 1 saturated carbocycles.